The summed E-state index contributed by atoms with van der Waals surface area (Å²) in [7, 11) is 1.49. The average Bonchev–Trinajstić information content (AvgIpc) is 3.41. The summed E-state index contributed by atoms with van der Waals surface area (Å²) in [4.78, 5) is 21.2. The minimum atomic E-state index is -4.69. The van der Waals surface area contributed by atoms with Gasteiger partial charge in [0.15, 0.2) is 11.3 Å². The lowest BCUT2D eigenvalue weighted by Crippen LogP contribution is -2.25. The van der Waals surface area contributed by atoms with Crippen LogP contribution in [0.25, 0.3) is 16.9 Å². The van der Waals surface area contributed by atoms with Gasteiger partial charge in [-0.1, -0.05) is 0 Å². The first-order chi connectivity index (χ1) is 15.8. The van der Waals surface area contributed by atoms with Gasteiger partial charge in [0.2, 0.25) is 0 Å². The Morgan fingerprint density at radius 2 is 1.97 bits per heavy atom. The van der Waals surface area contributed by atoms with Crippen molar-refractivity contribution in [3.8, 4) is 17.0 Å². The molecule has 3 heterocycles. The van der Waals surface area contributed by atoms with Crippen LogP contribution in [0.1, 0.15) is 28.3 Å². The molecule has 0 spiro atoms. The largest absolute Gasteiger partial charge is 0.497 e. The standard InChI is InChI=1S/C22H21F3N6O2/c1-14-26-9-11-30(14)10-3-8-27-21(32)17-13-28-31-19(22(23,24)25)12-18(29-20(17)31)15-4-6-16(33-2)7-5-15/h4-7,9,11-13H,3,8,10H2,1-2H3,(H,27,32). The van der Waals surface area contributed by atoms with E-state index < -0.39 is 17.8 Å². The zero-order valence-corrected chi connectivity index (χ0v) is 17.9. The summed E-state index contributed by atoms with van der Waals surface area (Å²) in [6.45, 7) is 2.86. The molecule has 0 fully saturated rings. The number of amides is 1. The highest BCUT2D eigenvalue weighted by Crippen LogP contribution is 2.33. The molecule has 0 atom stereocenters. The van der Waals surface area contributed by atoms with Crippen LogP contribution in [0.15, 0.2) is 48.9 Å². The Hall–Kier alpha value is -3.89. The Morgan fingerprint density at radius 1 is 1.21 bits per heavy atom. The number of aryl methyl sites for hydroxylation is 2. The van der Waals surface area contributed by atoms with E-state index in [1.165, 1.54) is 7.11 Å². The topological polar surface area (TPSA) is 86.3 Å². The smallest absolute Gasteiger partial charge is 0.433 e. The van der Waals surface area contributed by atoms with E-state index in [-0.39, 0.29) is 16.9 Å². The fourth-order valence-corrected chi connectivity index (χ4v) is 3.42. The summed E-state index contributed by atoms with van der Waals surface area (Å²) in [5.74, 6) is 0.880. The molecule has 0 radical (unpaired) electrons. The van der Waals surface area contributed by atoms with Crippen LogP contribution < -0.4 is 10.1 Å². The second-order valence-corrected chi connectivity index (χ2v) is 7.32. The van der Waals surface area contributed by atoms with E-state index in [4.69, 9.17) is 4.74 Å². The van der Waals surface area contributed by atoms with Crippen LogP contribution >= 0.6 is 0 Å². The number of hydrogen-bond acceptors (Lipinski definition) is 5. The summed E-state index contributed by atoms with van der Waals surface area (Å²) in [5, 5.41) is 6.52. The predicted octanol–water partition coefficient (Wildman–Crippen LogP) is 3.75. The van der Waals surface area contributed by atoms with Crippen LogP contribution in [-0.4, -0.2) is 43.7 Å². The second-order valence-electron chi connectivity index (χ2n) is 7.32. The van der Waals surface area contributed by atoms with E-state index in [1.54, 1.807) is 30.5 Å². The van der Waals surface area contributed by atoms with Gasteiger partial charge in [-0.05, 0) is 43.7 Å². The fraction of sp³-hybridized carbons (Fsp3) is 0.273. The number of carbonyl (C=O) groups excluding carboxylic acids is 1. The van der Waals surface area contributed by atoms with Gasteiger partial charge < -0.3 is 14.6 Å². The number of alkyl halides is 3. The van der Waals surface area contributed by atoms with E-state index in [0.717, 1.165) is 18.1 Å². The second kappa shape index (κ2) is 8.93. The molecule has 1 N–H and O–H groups in total. The molecule has 172 valence electrons. The molecule has 0 aliphatic heterocycles. The van der Waals surface area contributed by atoms with Crippen molar-refractivity contribution in [3.63, 3.8) is 0 Å². The Labute approximate surface area is 187 Å². The highest BCUT2D eigenvalue weighted by atomic mass is 19.4. The molecule has 4 rings (SSSR count). The maximum absolute atomic E-state index is 13.7. The van der Waals surface area contributed by atoms with Crippen LogP contribution in [0.5, 0.6) is 5.75 Å². The number of hydrogen-bond donors (Lipinski definition) is 1. The maximum atomic E-state index is 13.7. The number of benzene rings is 1. The molecule has 33 heavy (non-hydrogen) atoms. The number of aromatic nitrogens is 5. The third-order valence-electron chi connectivity index (χ3n) is 5.18. The first-order valence-electron chi connectivity index (χ1n) is 10.1. The SMILES string of the molecule is COc1ccc(-c2cc(C(F)(F)F)n3ncc(C(=O)NCCCn4ccnc4C)c3n2)cc1. The molecule has 8 nitrogen and oxygen atoms in total. The van der Waals surface area contributed by atoms with Gasteiger partial charge in [-0.15, -0.1) is 0 Å². The summed E-state index contributed by atoms with van der Waals surface area (Å²) in [5.41, 5.74) is -0.698. The van der Waals surface area contributed by atoms with Gasteiger partial charge in [-0.3, -0.25) is 4.79 Å². The van der Waals surface area contributed by atoms with Gasteiger partial charge in [0.25, 0.3) is 5.91 Å². The Kier molecular flexibility index (Phi) is 6.03. The van der Waals surface area contributed by atoms with Crippen molar-refractivity contribution in [1.29, 1.82) is 0 Å². The zero-order valence-electron chi connectivity index (χ0n) is 17.9. The van der Waals surface area contributed by atoms with Crippen molar-refractivity contribution in [1.82, 2.24) is 29.5 Å². The molecule has 0 bridgehead atoms. The molecule has 4 aromatic rings. The predicted molar refractivity (Wildman–Crippen MR) is 114 cm³/mol. The summed E-state index contributed by atoms with van der Waals surface area (Å²) in [6, 6.07) is 7.37. The van der Waals surface area contributed by atoms with Gasteiger partial charge in [-0.2, -0.15) is 18.3 Å². The van der Waals surface area contributed by atoms with Gasteiger partial charge in [0.1, 0.15) is 17.1 Å². The Morgan fingerprint density at radius 3 is 2.61 bits per heavy atom. The summed E-state index contributed by atoms with van der Waals surface area (Å²) in [6.07, 6.45) is 0.568. The number of halogens is 3. The first kappa shape index (κ1) is 22.3. The monoisotopic (exact) mass is 458 g/mol. The van der Waals surface area contributed by atoms with Crippen molar-refractivity contribution < 1.29 is 22.7 Å². The normalized spacial score (nSPS) is 11.7. The van der Waals surface area contributed by atoms with Gasteiger partial charge >= 0.3 is 6.18 Å². The number of fused-ring (bicyclic) bond motifs is 1. The fourth-order valence-electron chi connectivity index (χ4n) is 3.42. The van der Waals surface area contributed by atoms with Crippen molar-refractivity contribution in [2.45, 2.75) is 26.1 Å². The van der Waals surface area contributed by atoms with E-state index in [2.05, 4.69) is 20.4 Å². The lowest BCUT2D eigenvalue weighted by molar-refractivity contribution is -0.142. The van der Waals surface area contributed by atoms with Gasteiger partial charge in [-0.25, -0.2) is 14.5 Å². The number of carbonyl (C=O) groups is 1. The first-order valence-corrected chi connectivity index (χ1v) is 10.1. The minimum absolute atomic E-state index is 0.0327. The zero-order chi connectivity index (χ0) is 23.6. The molecule has 0 unspecified atom stereocenters. The van der Waals surface area contributed by atoms with Crippen LogP contribution in [0, 0.1) is 6.92 Å². The third-order valence-corrected chi connectivity index (χ3v) is 5.18. The minimum Gasteiger partial charge on any atom is -0.497 e. The molecule has 11 heteroatoms. The molecule has 1 aromatic carbocycles. The Balaban J connectivity index is 1.61. The van der Waals surface area contributed by atoms with Crippen LogP contribution in [0.4, 0.5) is 13.2 Å². The van der Waals surface area contributed by atoms with E-state index in [0.29, 0.717) is 35.3 Å². The van der Waals surface area contributed by atoms with Crippen LogP contribution in [-0.2, 0) is 12.7 Å². The maximum Gasteiger partial charge on any atom is 0.433 e. The van der Waals surface area contributed by atoms with Gasteiger partial charge in [0.05, 0.1) is 19.0 Å². The number of imidazole rings is 1. The molecule has 1 amide bonds. The molecular formula is C22H21F3N6O2. The lowest BCUT2D eigenvalue weighted by Gasteiger charge is -2.12. The summed E-state index contributed by atoms with van der Waals surface area (Å²) >= 11 is 0. The lowest BCUT2D eigenvalue weighted by atomic mass is 10.1. The summed E-state index contributed by atoms with van der Waals surface area (Å²) < 4.78 is 48.9. The van der Waals surface area contributed by atoms with E-state index in [1.807, 2.05) is 17.7 Å². The third kappa shape index (κ3) is 4.66. The molecule has 0 aliphatic carbocycles. The number of methoxy groups -OCH3 is 1. The van der Waals surface area contributed by atoms with E-state index >= 15 is 0 Å². The Bertz CT molecular complexity index is 1280. The highest BCUT2D eigenvalue weighted by Gasteiger charge is 2.36. The van der Waals surface area contributed by atoms with Crippen LogP contribution in [0.2, 0.25) is 0 Å². The highest BCUT2D eigenvalue weighted by molar-refractivity contribution is 5.99. The number of nitrogens with one attached hydrogen (secondary N) is 1. The molecule has 0 saturated heterocycles. The number of nitrogens with zero attached hydrogens (tertiary/aromatic N) is 5. The number of rotatable bonds is 7. The van der Waals surface area contributed by atoms with Crippen molar-refractivity contribution in [3.05, 3.63) is 66.0 Å². The molecule has 3 aromatic heterocycles. The van der Waals surface area contributed by atoms with Crippen molar-refractivity contribution in [2.75, 3.05) is 13.7 Å². The molecule has 0 aliphatic rings. The van der Waals surface area contributed by atoms with E-state index in [9.17, 15) is 18.0 Å². The van der Waals surface area contributed by atoms with Crippen molar-refractivity contribution in [2.24, 2.45) is 0 Å². The molecular weight excluding hydrogens is 437 g/mol. The van der Waals surface area contributed by atoms with Crippen LogP contribution in [0.3, 0.4) is 0 Å². The van der Waals surface area contributed by atoms with Gasteiger partial charge in [0, 0.05) is 31.0 Å². The molecule has 0 saturated carbocycles. The number of ether oxygens (including phenoxy) is 1. The average molecular weight is 458 g/mol. The quantitative estimate of drug-likeness (QED) is 0.427. The van der Waals surface area contributed by atoms with Crippen molar-refractivity contribution >= 4 is 11.6 Å².